The van der Waals surface area contributed by atoms with Gasteiger partial charge in [-0.2, -0.15) is 0 Å². The third-order valence-corrected chi connectivity index (χ3v) is 2.17. The van der Waals surface area contributed by atoms with E-state index in [1.807, 2.05) is 20.8 Å². The van der Waals surface area contributed by atoms with Crippen molar-refractivity contribution in [3.63, 3.8) is 0 Å². The molecule has 0 aromatic carbocycles. The third-order valence-electron chi connectivity index (χ3n) is 2.17. The summed E-state index contributed by atoms with van der Waals surface area (Å²) in [6.07, 6.45) is -0.679. The Labute approximate surface area is 94.8 Å². The minimum absolute atomic E-state index is 0.0960. The monoisotopic (exact) mass is 224 g/mol. The second-order valence-electron chi connectivity index (χ2n) is 3.40. The molecule has 0 amide bonds. The number of aryl methyl sites for hydroxylation is 3. The van der Waals surface area contributed by atoms with Gasteiger partial charge in [-0.3, -0.25) is 9.97 Å². The number of rotatable bonds is 3. The Kier molecular flexibility index (Phi) is 4.22. The summed E-state index contributed by atoms with van der Waals surface area (Å²) in [6.45, 7) is 7.72. The Balaban J connectivity index is 2.67. The zero-order valence-electron chi connectivity index (χ0n) is 10.0. The Morgan fingerprint density at radius 3 is 2.31 bits per heavy atom. The SMILES string of the molecule is CCOC(=O)OCc1nc(C)c(C)nc1C. The first-order valence-electron chi connectivity index (χ1n) is 5.14. The van der Waals surface area contributed by atoms with Gasteiger partial charge >= 0.3 is 6.16 Å². The number of carbonyl (C=O) groups is 1. The van der Waals surface area contributed by atoms with Gasteiger partial charge in [-0.1, -0.05) is 0 Å². The normalized spacial score (nSPS) is 10.0. The summed E-state index contributed by atoms with van der Waals surface area (Å²) in [5, 5.41) is 0. The molecule has 0 atom stereocenters. The summed E-state index contributed by atoms with van der Waals surface area (Å²) in [7, 11) is 0. The topological polar surface area (TPSA) is 61.3 Å². The van der Waals surface area contributed by atoms with E-state index in [1.54, 1.807) is 6.92 Å². The summed E-state index contributed by atoms with van der Waals surface area (Å²) >= 11 is 0. The van der Waals surface area contributed by atoms with Gasteiger partial charge < -0.3 is 9.47 Å². The second-order valence-corrected chi connectivity index (χ2v) is 3.40. The quantitative estimate of drug-likeness (QED) is 0.735. The second kappa shape index (κ2) is 5.44. The highest BCUT2D eigenvalue weighted by Gasteiger charge is 2.08. The maximum atomic E-state index is 11.0. The molecule has 0 aliphatic heterocycles. The molecular weight excluding hydrogens is 208 g/mol. The fraction of sp³-hybridized carbons (Fsp3) is 0.545. The lowest BCUT2D eigenvalue weighted by Gasteiger charge is -2.08. The zero-order chi connectivity index (χ0) is 12.1. The molecule has 0 aliphatic rings. The van der Waals surface area contributed by atoms with Gasteiger partial charge in [-0.15, -0.1) is 0 Å². The molecule has 5 heteroatoms. The van der Waals surface area contributed by atoms with Crippen molar-refractivity contribution in [1.29, 1.82) is 0 Å². The molecule has 0 unspecified atom stereocenters. The molecule has 1 aromatic rings. The maximum absolute atomic E-state index is 11.0. The standard InChI is InChI=1S/C11H16N2O3/c1-5-15-11(14)16-6-10-9(4)12-7(2)8(3)13-10/h5-6H2,1-4H3. The van der Waals surface area contributed by atoms with E-state index >= 15 is 0 Å². The van der Waals surface area contributed by atoms with Gasteiger partial charge in [0, 0.05) is 0 Å². The van der Waals surface area contributed by atoms with Gasteiger partial charge in [0.15, 0.2) is 0 Å². The lowest BCUT2D eigenvalue weighted by Crippen LogP contribution is -2.10. The first-order valence-corrected chi connectivity index (χ1v) is 5.14. The Morgan fingerprint density at radius 2 is 1.69 bits per heavy atom. The summed E-state index contributed by atoms with van der Waals surface area (Å²) < 4.78 is 9.53. The van der Waals surface area contributed by atoms with Crippen LogP contribution in [0.15, 0.2) is 0 Å². The van der Waals surface area contributed by atoms with Gasteiger partial charge in [0.05, 0.1) is 29.4 Å². The predicted octanol–water partition coefficient (Wildman–Crippen LogP) is 2.07. The fourth-order valence-corrected chi connectivity index (χ4v) is 1.18. The minimum atomic E-state index is -0.679. The van der Waals surface area contributed by atoms with Crippen molar-refractivity contribution in [3.05, 3.63) is 22.8 Å². The van der Waals surface area contributed by atoms with Gasteiger partial charge in [0.2, 0.25) is 0 Å². The Morgan fingerprint density at radius 1 is 1.06 bits per heavy atom. The molecule has 0 saturated carbocycles. The van der Waals surface area contributed by atoms with Crippen LogP contribution < -0.4 is 0 Å². The van der Waals surface area contributed by atoms with Gasteiger partial charge in [0.1, 0.15) is 6.61 Å². The van der Waals surface area contributed by atoms with E-state index in [0.29, 0.717) is 12.3 Å². The molecule has 1 heterocycles. The third kappa shape index (κ3) is 3.18. The van der Waals surface area contributed by atoms with E-state index in [-0.39, 0.29) is 6.61 Å². The molecule has 88 valence electrons. The average Bonchev–Trinajstić information content (AvgIpc) is 2.22. The first kappa shape index (κ1) is 12.4. The highest BCUT2D eigenvalue weighted by atomic mass is 16.7. The van der Waals surface area contributed by atoms with Crippen LogP contribution in [0.25, 0.3) is 0 Å². The smallest absolute Gasteiger partial charge is 0.435 e. The van der Waals surface area contributed by atoms with Crippen LogP contribution in [0, 0.1) is 20.8 Å². The van der Waals surface area contributed by atoms with Crippen LogP contribution in [0.1, 0.15) is 29.7 Å². The molecule has 16 heavy (non-hydrogen) atoms. The summed E-state index contributed by atoms with van der Waals surface area (Å²) in [5.41, 5.74) is 3.16. The molecule has 1 rings (SSSR count). The lowest BCUT2D eigenvalue weighted by molar-refractivity contribution is 0.0525. The van der Waals surface area contributed by atoms with Crippen molar-refractivity contribution in [2.24, 2.45) is 0 Å². The summed E-state index contributed by atoms with van der Waals surface area (Å²) in [4.78, 5) is 19.6. The molecule has 5 nitrogen and oxygen atoms in total. The molecule has 1 aromatic heterocycles. The lowest BCUT2D eigenvalue weighted by atomic mass is 10.3. The number of carbonyl (C=O) groups excluding carboxylic acids is 1. The van der Waals surface area contributed by atoms with Crippen LogP contribution in [-0.2, 0) is 16.1 Å². The van der Waals surface area contributed by atoms with Crippen molar-refractivity contribution in [1.82, 2.24) is 9.97 Å². The molecule has 0 fully saturated rings. The van der Waals surface area contributed by atoms with Crippen LogP contribution in [0.5, 0.6) is 0 Å². The molecule has 0 radical (unpaired) electrons. The van der Waals surface area contributed by atoms with Crippen LogP contribution >= 0.6 is 0 Å². The highest BCUT2D eigenvalue weighted by Crippen LogP contribution is 2.08. The molecule has 0 N–H and O–H groups in total. The Hall–Kier alpha value is -1.65. The van der Waals surface area contributed by atoms with E-state index < -0.39 is 6.16 Å². The number of hydrogen-bond donors (Lipinski definition) is 0. The van der Waals surface area contributed by atoms with E-state index in [1.165, 1.54) is 0 Å². The number of ether oxygens (including phenoxy) is 2. The van der Waals surface area contributed by atoms with Crippen molar-refractivity contribution >= 4 is 6.16 Å². The van der Waals surface area contributed by atoms with Gasteiger partial charge in [-0.05, 0) is 27.7 Å². The van der Waals surface area contributed by atoms with Crippen LogP contribution in [0.3, 0.4) is 0 Å². The van der Waals surface area contributed by atoms with Crippen molar-refractivity contribution in [2.45, 2.75) is 34.3 Å². The van der Waals surface area contributed by atoms with Crippen molar-refractivity contribution in [2.75, 3.05) is 6.61 Å². The number of hydrogen-bond acceptors (Lipinski definition) is 5. The van der Waals surface area contributed by atoms with E-state index in [4.69, 9.17) is 4.74 Å². The number of nitrogens with zero attached hydrogens (tertiary/aromatic N) is 2. The average molecular weight is 224 g/mol. The summed E-state index contributed by atoms with van der Waals surface area (Å²) in [5.74, 6) is 0. The molecule has 0 spiro atoms. The molecular formula is C11H16N2O3. The van der Waals surface area contributed by atoms with Gasteiger partial charge in [-0.25, -0.2) is 4.79 Å². The molecule has 0 saturated heterocycles. The largest absolute Gasteiger partial charge is 0.508 e. The number of aromatic nitrogens is 2. The van der Waals surface area contributed by atoms with Crippen LogP contribution in [0.2, 0.25) is 0 Å². The minimum Gasteiger partial charge on any atom is -0.435 e. The maximum Gasteiger partial charge on any atom is 0.508 e. The Bertz CT molecular complexity index is 391. The van der Waals surface area contributed by atoms with E-state index in [0.717, 1.165) is 17.1 Å². The first-order chi connectivity index (χ1) is 7.54. The summed E-state index contributed by atoms with van der Waals surface area (Å²) in [6, 6.07) is 0. The van der Waals surface area contributed by atoms with Crippen molar-refractivity contribution in [3.8, 4) is 0 Å². The predicted molar refractivity (Wildman–Crippen MR) is 58.1 cm³/mol. The van der Waals surface area contributed by atoms with Crippen LogP contribution in [-0.4, -0.2) is 22.7 Å². The fourth-order valence-electron chi connectivity index (χ4n) is 1.18. The van der Waals surface area contributed by atoms with E-state index in [9.17, 15) is 4.79 Å². The zero-order valence-corrected chi connectivity index (χ0v) is 10.0. The molecule has 0 bridgehead atoms. The van der Waals surface area contributed by atoms with E-state index in [2.05, 4.69) is 14.7 Å². The van der Waals surface area contributed by atoms with Gasteiger partial charge in [0.25, 0.3) is 0 Å². The highest BCUT2D eigenvalue weighted by molar-refractivity contribution is 5.59. The van der Waals surface area contributed by atoms with Crippen molar-refractivity contribution < 1.29 is 14.3 Å². The van der Waals surface area contributed by atoms with Crippen LogP contribution in [0.4, 0.5) is 4.79 Å². The molecule has 0 aliphatic carbocycles.